The molecular formula is C37H55FN6O6. The molecule has 2 amide bonds. The van der Waals surface area contributed by atoms with E-state index >= 15 is 4.39 Å². The van der Waals surface area contributed by atoms with Gasteiger partial charge in [0.2, 0.25) is 5.91 Å². The SMILES string of the molecule is CN1CCN(CC(=O)N[C@@H]2CCN(C3C(F)CC4C(=O)C(C(=O)N5CCOCC5)=CN5C6CC7OC8CCCCC8C7CC6OC3C45)C2)CC1. The fourth-order valence-corrected chi connectivity index (χ4v) is 11.4. The zero-order valence-electron chi connectivity index (χ0n) is 29.5. The normalized spacial score (nSPS) is 43.8. The third-order valence-corrected chi connectivity index (χ3v) is 13.9. The van der Waals surface area contributed by atoms with E-state index in [1.54, 1.807) is 4.90 Å². The van der Waals surface area contributed by atoms with Crippen LogP contribution in [0.2, 0.25) is 0 Å². The lowest BCUT2D eigenvalue weighted by Gasteiger charge is -2.61. The summed E-state index contributed by atoms with van der Waals surface area (Å²) in [5.41, 5.74) is 0.186. The second kappa shape index (κ2) is 13.7. The highest BCUT2D eigenvalue weighted by atomic mass is 19.1. The lowest BCUT2D eigenvalue weighted by molar-refractivity contribution is -0.220. The average molecular weight is 699 g/mol. The molecule has 3 saturated carbocycles. The summed E-state index contributed by atoms with van der Waals surface area (Å²) in [4.78, 5) is 51.8. The predicted molar refractivity (Wildman–Crippen MR) is 181 cm³/mol. The van der Waals surface area contributed by atoms with Gasteiger partial charge in [-0.05, 0) is 57.4 Å². The number of nitrogens with zero attached hydrogens (tertiary/aromatic N) is 5. The van der Waals surface area contributed by atoms with E-state index in [9.17, 15) is 14.4 Å². The molecule has 276 valence electrons. The molecule has 9 rings (SSSR count). The number of halogens is 1. The van der Waals surface area contributed by atoms with Crippen LogP contribution in [0.25, 0.3) is 0 Å². The number of piperazine rings is 1. The number of hydrogen-bond acceptors (Lipinski definition) is 10. The Hall–Kier alpha value is -2.16. The minimum atomic E-state index is -1.28. The molecule has 6 aliphatic heterocycles. The number of likely N-dealkylation sites (N-methyl/N-ethyl adjacent to an activating group) is 1. The fraction of sp³-hybridized carbons (Fsp3) is 0.865. The Labute approximate surface area is 294 Å². The van der Waals surface area contributed by atoms with Crippen LogP contribution in [0.4, 0.5) is 4.39 Å². The number of morpholine rings is 2. The maximum absolute atomic E-state index is 16.8. The minimum absolute atomic E-state index is 0.0295. The van der Waals surface area contributed by atoms with E-state index in [1.165, 1.54) is 19.3 Å². The van der Waals surface area contributed by atoms with Gasteiger partial charge < -0.3 is 34.2 Å². The number of ketones is 1. The molecule has 0 aromatic heterocycles. The van der Waals surface area contributed by atoms with Crippen molar-refractivity contribution in [2.45, 2.75) is 106 Å². The summed E-state index contributed by atoms with van der Waals surface area (Å²) in [7, 11) is 2.11. The Balaban J connectivity index is 0.968. The smallest absolute Gasteiger partial charge is 0.259 e. The van der Waals surface area contributed by atoms with Gasteiger partial charge in [-0.15, -0.1) is 0 Å². The molecule has 11 unspecified atom stereocenters. The summed E-state index contributed by atoms with van der Waals surface area (Å²) >= 11 is 0. The van der Waals surface area contributed by atoms with Crippen LogP contribution in [-0.4, -0.2) is 176 Å². The number of hydrogen-bond donors (Lipinski definition) is 1. The number of carbonyl (C=O) groups is 3. The molecule has 0 aromatic rings. The third kappa shape index (κ3) is 6.01. The van der Waals surface area contributed by atoms with Crippen LogP contribution in [0.1, 0.15) is 51.4 Å². The van der Waals surface area contributed by atoms with Gasteiger partial charge in [-0.2, -0.15) is 0 Å². The number of carbonyl (C=O) groups excluding carboxylic acids is 3. The maximum atomic E-state index is 16.8. The lowest BCUT2D eigenvalue weighted by Crippen LogP contribution is -2.73. The van der Waals surface area contributed by atoms with Gasteiger partial charge in [0.1, 0.15) is 6.17 Å². The van der Waals surface area contributed by atoms with Crippen LogP contribution < -0.4 is 5.32 Å². The molecule has 50 heavy (non-hydrogen) atoms. The van der Waals surface area contributed by atoms with Crippen molar-refractivity contribution in [2.75, 3.05) is 79.2 Å². The number of ether oxygens (including phenoxy) is 3. The van der Waals surface area contributed by atoms with Crippen LogP contribution >= 0.6 is 0 Å². The molecule has 8 fully saturated rings. The van der Waals surface area contributed by atoms with Crippen molar-refractivity contribution in [2.24, 2.45) is 17.8 Å². The summed E-state index contributed by atoms with van der Waals surface area (Å²) in [6, 6.07) is -0.935. The van der Waals surface area contributed by atoms with Crippen molar-refractivity contribution in [3.8, 4) is 0 Å². The van der Waals surface area contributed by atoms with Crippen molar-refractivity contribution >= 4 is 17.6 Å². The van der Waals surface area contributed by atoms with Crippen LogP contribution in [0.15, 0.2) is 11.8 Å². The zero-order chi connectivity index (χ0) is 34.1. The first-order valence-corrected chi connectivity index (χ1v) is 19.6. The Bertz CT molecular complexity index is 1360. The van der Waals surface area contributed by atoms with Gasteiger partial charge in [-0.1, -0.05) is 12.8 Å². The topological polar surface area (TPSA) is 107 Å². The standard InChI is InChI=1S/C37H55FN6O6/c1-40-8-10-41(11-9-40)21-32(45)39-22-6-7-43(19-22)34-27(38)16-25-33-36(34)50-31-17-24-23-4-2-3-5-29(23)49-30(24)18-28(31)44(33)20-26(35(25)46)37(47)42-12-14-48-15-13-42/h20,22-25,27-31,33-34,36H,2-19,21H2,1H3,(H,39,45)/t22-,23?,24?,25?,27?,28?,29?,30?,31?,33?,34?,36?/m1/s1. The second-order valence-electron chi connectivity index (χ2n) is 16.7. The average Bonchev–Trinajstić information content (AvgIpc) is 3.73. The zero-order valence-corrected chi connectivity index (χ0v) is 29.5. The van der Waals surface area contributed by atoms with Crippen molar-refractivity contribution in [3.63, 3.8) is 0 Å². The van der Waals surface area contributed by atoms with Crippen LogP contribution in [0, 0.1) is 17.8 Å². The molecule has 5 saturated heterocycles. The molecule has 6 heterocycles. The first-order chi connectivity index (χ1) is 24.3. The van der Waals surface area contributed by atoms with Crippen molar-refractivity contribution in [3.05, 3.63) is 11.8 Å². The van der Waals surface area contributed by atoms with Crippen LogP contribution in [0.5, 0.6) is 0 Å². The van der Waals surface area contributed by atoms with E-state index in [1.807, 2.05) is 6.20 Å². The van der Waals surface area contributed by atoms with Gasteiger partial charge in [0.25, 0.3) is 5.91 Å². The number of Topliss-reactive ketones (excluding diaryl/α,β-unsaturated/α-hetero) is 1. The van der Waals surface area contributed by atoms with E-state index in [0.717, 1.165) is 51.9 Å². The number of alkyl halides is 1. The molecule has 0 spiro atoms. The van der Waals surface area contributed by atoms with Crippen molar-refractivity contribution in [1.29, 1.82) is 0 Å². The van der Waals surface area contributed by atoms with E-state index in [0.29, 0.717) is 63.9 Å². The number of fused-ring (bicyclic) bond motifs is 5. The highest BCUT2D eigenvalue weighted by molar-refractivity contribution is 6.20. The molecule has 3 aliphatic carbocycles. The Morgan fingerprint density at radius 1 is 0.880 bits per heavy atom. The van der Waals surface area contributed by atoms with Crippen LogP contribution in [-0.2, 0) is 28.6 Å². The van der Waals surface area contributed by atoms with Gasteiger partial charge in [-0.3, -0.25) is 24.2 Å². The van der Waals surface area contributed by atoms with Gasteiger partial charge in [0.05, 0.1) is 67.9 Å². The van der Waals surface area contributed by atoms with E-state index in [2.05, 4.69) is 32.0 Å². The molecule has 12 nitrogen and oxygen atoms in total. The first kappa shape index (κ1) is 33.7. The van der Waals surface area contributed by atoms with Gasteiger partial charge >= 0.3 is 0 Å². The van der Waals surface area contributed by atoms with E-state index < -0.39 is 24.2 Å². The van der Waals surface area contributed by atoms with E-state index in [-0.39, 0.29) is 59.9 Å². The quantitative estimate of drug-likeness (QED) is 0.412. The van der Waals surface area contributed by atoms with Crippen molar-refractivity contribution < 1.29 is 33.0 Å². The molecule has 9 aliphatic rings. The molecule has 0 aromatic carbocycles. The molecular weight excluding hydrogens is 643 g/mol. The summed E-state index contributed by atoms with van der Waals surface area (Å²) < 4.78 is 36.1. The second-order valence-corrected chi connectivity index (χ2v) is 16.7. The minimum Gasteiger partial charge on any atom is -0.378 e. The number of likely N-dealkylation sites (tertiary alicyclic amines) is 1. The first-order valence-electron chi connectivity index (χ1n) is 19.6. The summed E-state index contributed by atoms with van der Waals surface area (Å²) in [5, 5.41) is 3.25. The number of rotatable bonds is 5. The Morgan fingerprint density at radius 2 is 1.68 bits per heavy atom. The van der Waals surface area contributed by atoms with Gasteiger partial charge in [0, 0.05) is 70.5 Å². The Kier molecular flexibility index (Phi) is 9.21. The van der Waals surface area contributed by atoms with Gasteiger partial charge in [0.15, 0.2) is 5.78 Å². The predicted octanol–water partition coefficient (Wildman–Crippen LogP) is 0.651. The lowest BCUT2D eigenvalue weighted by atomic mass is 9.67. The largest absolute Gasteiger partial charge is 0.378 e. The summed E-state index contributed by atoms with van der Waals surface area (Å²) in [6.07, 6.45) is 7.65. The molecule has 0 bridgehead atoms. The van der Waals surface area contributed by atoms with Crippen LogP contribution in [0.3, 0.4) is 0 Å². The highest BCUT2D eigenvalue weighted by Gasteiger charge is 2.62. The van der Waals surface area contributed by atoms with Crippen molar-refractivity contribution in [1.82, 2.24) is 29.8 Å². The third-order valence-electron chi connectivity index (χ3n) is 13.9. The monoisotopic (exact) mass is 698 g/mol. The summed E-state index contributed by atoms with van der Waals surface area (Å²) in [5.74, 6) is -0.159. The fourth-order valence-electron chi connectivity index (χ4n) is 11.4. The molecule has 0 radical (unpaired) electrons. The highest BCUT2D eigenvalue weighted by Crippen LogP contribution is 2.53. The Morgan fingerprint density at radius 3 is 2.50 bits per heavy atom. The molecule has 1 N–H and O–H groups in total. The molecule has 13 heteroatoms. The maximum Gasteiger partial charge on any atom is 0.259 e. The number of amides is 2. The summed E-state index contributed by atoms with van der Waals surface area (Å²) in [6.45, 7) is 7.12. The number of nitrogens with one attached hydrogen (secondary N) is 1. The van der Waals surface area contributed by atoms with Gasteiger partial charge in [-0.25, -0.2) is 4.39 Å². The van der Waals surface area contributed by atoms with E-state index in [4.69, 9.17) is 14.2 Å². The molecule has 12 atom stereocenters.